The predicted octanol–water partition coefficient (Wildman–Crippen LogP) is 2.09. The molecule has 0 unspecified atom stereocenters. The number of nitrogens with two attached hydrogens (primary N) is 2. The van der Waals surface area contributed by atoms with Gasteiger partial charge in [-0.3, -0.25) is 5.01 Å². The molecule has 118 valence electrons. The molecule has 0 aliphatic heterocycles. The van der Waals surface area contributed by atoms with Gasteiger partial charge in [0.2, 0.25) is 0 Å². The molecule has 6 nitrogen and oxygen atoms in total. The number of carbonyl (C=O) groups is 1. The molecule has 0 fully saturated rings. The van der Waals surface area contributed by atoms with Crippen molar-refractivity contribution < 1.29 is 14.3 Å². The van der Waals surface area contributed by atoms with Crippen molar-refractivity contribution in [1.82, 2.24) is 5.01 Å². The van der Waals surface area contributed by atoms with Gasteiger partial charge in [0.05, 0.1) is 20.8 Å². The van der Waals surface area contributed by atoms with Crippen LogP contribution >= 0.6 is 15.9 Å². The summed E-state index contributed by atoms with van der Waals surface area (Å²) in [4.78, 5) is 11.6. The molecule has 0 radical (unpaired) electrons. The maximum Gasteiger partial charge on any atom is 0.358 e. The van der Waals surface area contributed by atoms with Gasteiger partial charge in [-0.15, -0.1) is 0 Å². The number of hydrogen-bond donors (Lipinski definition) is 2. The average molecular weight is 360 g/mol. The molecule has 0 aliphatic carbocycles. The summed E-state index contributed by atoms with van der Waals surface area (Å²) in [5, 5.41) is 1.22. The lowest BCUT2D eigenvalue weighted by Gasteiger charge is -2.20. The fourth-order valence-corrected chi connectivity index (χ4v) is 1.84. The van der Waals surface area contributed by atoms with Gasteiger partial charge in [-0.25, -0.2) is 10.6 Å². The highest BCUT2D eigenvalue weighted by molar-refractivity contribution is 9.11. The molecule has 7 heteroatoms. The largest absolute Gasteiger partial charge is 0.497 e. The van der Waals surface area contributed by atoms with Crippen LogP contribution in [-0.2, 0) is 16.1 Å². The first-order valence-electron chi connectivity index (χ1n) is 6.38. The number of rotatable bonds is 5. The minimum atomic E-state index is -0.606. The molecule has 1 rings (SSSR count). The first kappa shape index (κ1) is 19.3. The van der Waals surface area contributed by atoms with Gasteiger partial charge in [0.15, 0.2) is 5.70 Å². The Bertz CT molecular complexity index is 471. The van der Waals surface area contributed by atoms with Crippen molar-refractivity contribution in [1.29, 1.82) is 0 Å². The predicted molar refractivity (Wildman–Crippen MR) is 86.2 cm³/mol. The van der Waals surface area contributed by atoms with Crippen LogP contribution in [0.4, 0.5) is 0 Å². The second-order valence-corrected chi connectivity index (χ2v) is 4.52. The van der Waals surface area contributed by atoms with E-state index < -0.39 is 5.97 Å². The Labute approximate surface area is 133 Å². The number of hydrogen-bond acceptors (Lipinski definition) is 6. The lowest BCUT2D eigenvalue weighted by molar-refractivity contribution is -0.138. The van der Waals surface area contributed by atoms with E-state index in [0.29, 0.717) is 6.54 Å². The maximum absolute atomic E-state index is 11.6. The SMILES string of the molecule is CC.COC(=O)/C(=C(/N)Br)N(N)Cc1ccc(OC)cc1. The third-order valence-electron chi connectivity index (χ3n) is 2.40. The molecule has 0 spiro atoms. The normalized spacial score (nSPS) is 10.8. The molecule has 0 heterocycles. The van der Waals surface area contributed by atoms with Gasteiger partial charge >= 0.3 is 5.97 Å². The molecule has 0 aromatic heterocycles. The van der Waals surface area contributed by atoms with Crippen molar-refractivity contribution in [2.45, 2.75) is 20.4 Å². The van der Waals surface area contributed by atoms with E-state index in [1.54, 1.807) is 7.11 Å². The van der Waals surface area contributed by atoms with Gasteiger partial charge in [0.1, 0.15) is 10.4 Å². The summed E-state index contributed by atoms with van der Waals surface area (Å²) in [6, 6.07) is 7.31. The molecule has 4 N–H and O–H groups in total. The Morgan fingerprint density at radius 1 is 1.24 bits per heavy atom. The molecule has 0 saturated carbocycles. The molecule has 0 atom stereocenters. The van der Waals surface area contributed by atoms with E-state index in [9.17, 15) is 4.79 Å². The number of esters is 1. The summed E-state index contributed by atoms with van der Waals surface area (Å²) in [6.07, 6.45) is 0. The lowest BCUT2D eigenvalue weighted by Crippen LogP contribution is -2.35. The van der Waals surface area contributed by atoms with Crippen molar-refractivity contribution in [3.63, 3.8) is 0 Å². The first-order valence-corrected chi connectivity index (χ1v) is 7.17. The van der Waals surface area contributed by atoms with Gasteiger partial charge in [-0.1, -0.05) is 26.0 Å². The monoisotopic (exact) mass is 359 g/mol. The van der Waals surface area contributed by atoms with Gasteiger partial charge < -0.3 is 15.2 Å². The van der Waals surface area contributed by atoms with Crippen molar-refractivity contribution in [3.05, 3.63) is 40.1 Å². The highest BCUT2D eigenvalue weighted by Crippen LogP contribution is 2.16. The number of halogens is 1. The van der Waals surface area contributed by atoms with Gasteiger partial charge in [0.25, 0.3) is 0 Å². The zero-order valence-corrected chi connectivity index (χ0v) is 14.3. The van der Waals surface area contributed by atoms with Gasteiger partial charge in [-0.2, -0.15) is 0 Å². The van der Waals surface area contributed by atoms with Crippen molar-refractivity contribution in [3.8, 4) is 5.75 Å². The van der Waals surface area contributed by atoms with Crippen molar-refractivity contribution >= 4 is 21.9 Å². The van der Waals surface area contributed by atoms with Gasteiger partial charge in [0, 0.05) is 0 Å². The van der Waals surface area contributed by atoms with Gasteiger partial charge in [-0.05, 0) is 33.6 Å². The first-order chi connectivity index (χ1) is 9.99. The molecular formula is C14H22BrN3O3. The molecular weight excluding hydrogens is 338 g/mol. The number of ether oxygens (including phenoxy) is 2. The Hall–Kier alpha value is -1.73. The molecule has 21 heavy (non-hydrogen) atoms. The van der Waals surface area contributed by atoms with Crippen molar-refractivity contribution in [2.75, 3.05) is 14.2 Å². The topological polar surface area (TPSA) is 90.8 Å². The maximum atomic E-state index is 11.6. The lowest BCUT2D eigenvalue weighted by atomic mass is 10.2. The quantitative estimate of drug-likeness (QED) is 0.275. The van der Waals surface area contributed by atoms with Crippen molar-refractivity contribution in [2.24, 2.45) is 11.6 Å². The molecule has 0 aliphatic rings. The molecule has 1 aromatic rings. The Kier molecular flexibility index (Phi) is 9.23. The van der Waals surface area contributed by atoms with Crippen LogP contribution in [0.2, 0.25) is 0 Å². The standard InChI is InChI=1S/C12H16BrN3O3.C2H6/c1-18-9-5-3-8(4-6-9)7-16(15)10(11(13)14)12(17)19-2;1-2/h3-6H,7,14-15H2,1-2H3;1-2H3/b11-10-;. The highest BCUT2D eigenvalue weighted by Gasteiger charge is 2.19. The van der Waals surface area contributed by atoms with E-state index >= 15 is 0 Å². The van der Waals surface area contributed by atoms with Crippen LogP contribution in [0.25, 0.3) is 0 Å². The summed E-state index contributed by atoms with van der Waals surface area (Å²) in [7, 11) is 2.85. The summed E-state index contributed by atoms with van der Waals surface area (Å²) >= 11 is 3.03. The number of hydrazine groups is 1. The van der Waals surface area contributed by atoms with E-state index in [4.69, 9.17) is 16.3 Å². The summed E-state index contributed by atoms with van der Waals surface area (Å²) < 4.78 is 9.80. The van der Waals surface area contributed by atoms with Crippen LogP contribution in [0.5, 0.6) is 5.75 Å². The second kappa shape index (κ2) is 10.1. The third-order valence-corrected chi connectivity index (χ3v) is 2.78. The fraction of sp³-hybridized carbons (Fsp3) is 0.357. The summed E-state index contributed by atoms with van der Waals surface area (Å²) in [5.41, 5.74) is 6.54. The number of methoxy groups -OCH3 is 2. The zero-order valence-electron chi connectivity index (χ0n) is 12.7. The Balaban J connectivity index is 0.00000191. The van der Waals surface area contributed by atoms with Crippen LogP contribution in [-0.4, -0.2) is 25.2 Å². The van der Waals surface area contributed by atoms with Crippen LogP contribution in [0.3, 0.4) is 0 Å². The minimum Gasteiger partial charge on any atom is -0.497 e. The van der Waals surface area contributed by atoms with Crippen LogP contribution in [0.1, 0.15) is 19.4 Å². The molecule has 0 bridgehead atoms. The van der Waals surface area contributed by atoms with E-state index in [0.717, 1.165) is 11.3 Å². The van der Waals surface area contributed by atoms with Crippen LogP contribution in [0.15, 0.2) is 34.6 Å². The third kappa shape index (κ3) is 6.05. The molecule has 0 amide bonds. The van der Waals surface area contributed by atoms with E-state index in [-0.39, 0.29) is 10.3 Å². The number of nitrogens with zero attached hydrogens (tertiary/aromatic N) is 1. The van der Waals surface area contributed by atoms with Crippen LogP contribution in [0, 0.1) is 0 Å². The Morgan fingerprint density at radius 2 is 1.76 bits per heavy atom. The average Bonchev–Trinajstić information content (AvgIpc) is 2.49. The molecule has 0 saturated heterocycles. The minimum absolute atomic E-state index is 0.0679. The number of carbonyl (C=O) groups excluding carboxylic acids is 1. The fourth-order valence-electron chi connectivity index (χ4n) is 1.46. The van der Waals surface area contributed by atoms with Crippen LogP contribution < -0.4 is 16.3 Å². The molecule has 1 aromatic carbocycles. The highest BCUT2D eigenvalue weighted by atomic mass is 79.9. The Morgan fingerprint density at radius 3 is 2.14 bits per heavy atom. The van der Waals surface area contributed by atoms with E-state index in [2.05, 4.69) is 20.7 Å². The zero-order chi connectivity index (χ0) is 16.4. The second-order valence-electron chi connectivity index (χ2n) is 3.66. The number of benzene rings is 1. The smallest absolute Gasteiger partial charge is 0.358 e. The van der Waals surface area contributed by atoms with E-state index in [1.165, 1.54) is 12.1 Å². The van der Waals surface area contributed by atoms with E-state index in [1.807, 2.05) is 38.1 Å². The summed E-state index contributed by atoms with van der Waals surface area (Å²) in [6.45, 7) is 4.31. The summed E-state index contributed by atoms with van der Waals surface area (Å²) in [5.74, 6) is 5.97.